The third-order valence-electron chi connectivity index (χ3n) is 3.29. The fourth-order valence-corrected chi connectivity index (χ4v) is 2.29. The van der Waals surface area contributed by atoms with Crippen molar-refractivity contribution in [3.05, 3.63) is 76.1 Å². The molecular formula is C18H17ClFNO. The number of halogens is 2. The molecule has 0 fully saturated rings. The van der Waals surface area contributed by atoms with Gasteiger partial charge in [-0.2, -0.15) is 0 Å². The lowest BCUT2D eigenvalue weighted by molar-refractivity contribution is -0.125. The second-order valence-electron chi connectivity index (χ2n) is 5.14. The maximum absolute atomic E-state index is 13.7. The van der Waals surface area contributed by atoms with Gasteiger partial charge in [0.15, 0.2) is 0 Å². The zero-order chi connectivity index (χ0) is 16.1. The average Bonchev–Trinajstić information content (AvgIpc) is 2.48. The summed E-state index contributed by atoms with van der Waals surface area (Å²) in [6.45, 7) is 2.12. The molecule has 0 aliphatic rings. The Labute approximate surface area is 134 Å². The van der Waals surface area contributed by atoms with Gasteiger partial charge in [0, 0.05) is 30.3 Å². The number of carbonyl (C=O) groups is 1. The zero-order valence-electron chi connectivity index (χ0n) is 12.5. The Morgan fingerprint density at radius 2 is 2.00 bits per heavy atom. The van der Waals surface area contributed by atoms with Crippen LogP contribution >= 0.6 is 11.6 Å². The van der Waals surface area contributed by atoms with E-state index in [2.05, 4.69) is 0 Å². The molecule has 0 bridgehead atoms. The van der Waals surface area contributed by atoms with Crippen molar-refractivity contribution in [2.75, 3.05) is 7.05 Å². The van der Waals surface area contributed by atoms with E-state index >= 15 is 0 Å². The second-order valence-corrected chi connectivity index (χ2v) is 5.55. The summed E-state index contributed by atoms with van der Waals surface area (Å²) in [5, 5.41) is 0.322. The molecule has 0 heterocycles. The van der Waals surface area contributed by atoms with E-state index in [0.717, 1.165) is 11.1 Å². The fraction of sp³-hybridized carbons (Fsp3) is 0.167. The van der Waals surface area contributed by atoms with Gasteiger partial charge in [-0.3, -0.25) is 4.79 Å². The Morgan fingerprint density at radius 1 is 1.27 bits per heavy atom. The molecule has 0 aromatic heterocycles. The van der Waals surface area contributed by atoms with Crippen molar-refractivity contribution in [2.24, 2.45) is 0 Å². The van der Waals surface area contributed by atoms with Gasteiger partial charge < -0.3 is 4.90 Å². The quantitative estimate of drug-likeness (QED) is 0.762. The number of benzene rings is 2. The van der Waals surface area contributed by atoms with E-state index in [1.165, 1.54) is 17.0 Å². The van der Waals surface area contributed by atoms with Crippen molar-refractivity contribution in [3.8, 4) is 0 Å². The summed E-state index contributed by atoms with van der Waals surface area (Å²) in [6, 6.07) is 12.3. The average molecular weight is 318 g/mol. The van der Waals surface area contributed by atoms with E-state index in [0.29, 0.717) is 10.6 Å². The van der Waals surface area contributed by atoms with Crippen LogP contribution in [0.3, 0.4) is 0 Å². The molecule has 2 nitrogen and oxygen atoms in total. The predicted octanol–water partition coefficient (Wildman–Crippen LogP) is 4.46. The Balaban J connectivity index is 2.06. The molecule has 1 amide bonds. The molecule has 22 heavy (non-hydrogen) atoms. The number of rotatable bonds is 4. The molecule has 0 aliphatic heterocycles. The lowest BCUT2D eigenvalue weighted by atomic mass is 10.1. The Hall–Kier alpha value is -2.13. The molecule has 4 heteroatoms. The smallest absolute Gasteiger partial charge is 0.246 e. The van der Waals surface area contributed by atoms with Crippen LogP contribution in [0.25, 0.3) is 6.08 Å². The number of hydrogen-bond acceptors (Lipinski definition) is 1. The van der Waals surface area contributed by atoms with Crippen LogP contribution in [0.5, 0.6) is 0 Å². The highest BCUT2D eigenvalue weighted by Crippen LogP contribution is 2.20. The largest absolute Gasteiger partial charge is 0.338 e. The van der Waals surface area contributed by atoms with Crippen molar-refractivity contribution in [1.29, 1.82) is 0 Å². The molecule has 0 N–H and O–H groups in total. The summed E-state index contributed by atoms with van der Waals surface area (Å²) in [5.74, 6) is -0.615. The van der Waals surface area contributed by atoms with Crippen LogP contribution < -0.4 is 0 Å². The van der Waals surface area contributed by atoms with Crippen LogP contribution in [-0.2, 0) is 11.3 Å². The van der Waals surface area contributed by atoms with Gasteiger partial charge in [-0.1, -0.05) is 47.5 Å². The normalized spacial score (nSPS) is 10.9. The summed E-state index contributed by atoms with van der Waals surface area (Å²) in [7, 11) is 1.62. The van der Waals surface area contributed by atoms with Crippen molar-refractivity contribution in [2.45, 2.75) is 13.5 Å². The molecule has 2 rings (SSSR count). The number of nitrogens with zero attached hydrogens (tertiary/aromatic N) is 1. The van der Waals surface area contributed by atoms with Gasteiger partial charge in [0.05, 0.1) is 0 Å². The van der Waals surface area contributed by atoms with Crippen LogP contribution in [0.15, 0.2) is 48.5 Å². The minimum atomic E-state index is -0.408. The van der Waals surface area contributed by atoms with Gasteiger partial charge in [0.2, 0.25) is 5.91 Å². The summed E-state index contributed by atoms with van der Waals surface area (Å²) < 4.78 is 13.7. The third kappa shape index (κ3) is 4.18. The molecule has 0 aliphatic carbocycles. The summed E-state index contributed by atoms with van der Waals surface area (Å²) in [5.41, 5.74) is 2.40. The Morgan fingerprint density at radius 3 is 2.68 bits per heavy atom. The van der Waals surface area contributed by atoms with E-state index in [1.54, 1.807) is 25.3 Å². The van der Waals surface area contributed by atoms with Crippen LogP contribution in [0, 0.1) is 12.7 Å². The number of amides is 1. The SMILES string of the molecule is Cc1cccc(/C=C/C(=O)N(C)Cc2c(F)cccc2Cl)c1. The molecule has 0 saturated heterocycles. The van der Waals surface area contributed by atoms with Gasteiger partial charge >= 0.3 is 0 Å². The molecule has 0 atom stereocenters. The molecule has 0 saturated carbocycles. The van der Waals surface area contributed by atoms with E-state index < -0.39 is 5.82 Å². The monoisotopic (exact) mass is 317 g/mol. The first kappa shape index (κ1) is 16.2. The highest BCUT2D eigenvalue weighted by Gasteiger charge is 2.12. The van der Waals surface area contributed by atoms with E-state index in [9.17, 15) is 9.18 Å². The van der Waals surface area contributed by atoms with Crippen LogP contribution in [0.4, 0.5) is 4.39 Å². The third-order valence-corrected chi connectivity index (χ3v) is 3.65. The van der Waals surface area contributed by atoms with Crippen molar-refractivity contribution < 1.29 is 9.18 Å². The van der Waals surface area contributed by atoms with Gasteiger partial charge in [-0.15, -0.1) is 0 Å². The summed E-state index contributed by atoms with van der Waals surface area (Å²) in [6.07, 6.45) is 3.22. The van der Waals surface area contributed by atoms with Crippen molar-refractivity contribution in [3.63, 3.8) is 0 Å². The van der Waals surface area contributed by atoms with Crippen molar-refractivity contribution in [1.82, 2.24) is 4.90 Å². The summed E-state index contributed by atoms with van der Waals surface area (Å²) >= 11 is 5.97. The van der Waals surface area contributed by atoms with E-state index in [-0.39, 0.29) is 12.5 Å². The maximum Gasteiger partial charge on any atom is 0.246 e. The number of likely N-dealkylation sites (N-methyl/N-ethyl adjacent to an activating group) is 1. The van der Waals surface area contributed by atoms with Gasteiger partial charge in [-0.05, 0) is 30.7 Å². The minimum Gasteiger partial charge on any atom is -0.338 e. The lowest BCUT2D eigenvalue weighted by Gasteiger charge is -2.16. The van der Waals surface area contributed by atoms with Crippen LogP contribution in [0.2, 0.25) is 5.02 Å². The number of hydrogen-bond donors (Lipinski definition) is 0. The van der Waals surface area contributed by atoms with Crippen LogP contribution in [0.1, 0.15) is 16.7 Å². The molecule has 0 radical (unpaired) electrons. The van der Waals surface area contributed by atoms with Gasteiger partial charge in [0.25, 0.3) is 0 Å². The van der Waals surface area contributed by atoms with Crippen molar-refractivity contribution >= 4 is 23.6 Å². The lowest BCUT2D eigenvalue weighted by Crippen LogP contribution is -2.24. The van der Waals surface area contributed by atoms with E-state index in [4.69, 9.17) is 11.6 Å². The Bertz CT molecular complexity index is 692. The molecular weight excluding hydrogens is 301 g/mol. The molecule has 0 unspecified atom stereocenters. The zero-order valence-corrected chi connectivity index (χ0v) is 13.3. The fourth-order valence-electron chi connectivity index (χ4n) is 2.07. The van der Waals surface area contributed by atoms with E-state index in [1.807, 2.05) is 31.2 Å². The molecule has 2 aromatic carbocycles. The minimum absolute atomic E-state index is 0.127. The van der Waals surface area contributed by atoms with Crippen LogP contribution in [-0.4, -0.2) is 17.9 Å². The highest BCUT2D eigenvalue weighted by molar-refractivity contribution is 6.31. The van der Waals surface area contributed by atoms with Gasteiger partial charge in [0.1, 0.15) is 5.82 Å². The molecule has 0 spiro atoms. The topological polar surface area (TPSA) is 20.3 Å². The number of aryl methyl sites for hydroxylation is 1. The first-order valence-electron chi connectivity index (χ1n) is 6.90. The highest BCUT2D eigenvalue weighted by atomic mass is 35.5. The first-order valence-corrected chi connectivity index (χ1v) is 7.28. The Kier molecular flexibility index (Phi) is 5.34. The standard InChI is InChI=1S/C18H17ClFNO/c1-13-5-3-6-14(11-13)9-10-18(22)21(2)12-15-16(19)7-4-8-17(15)20/h3-11H,12H2,1-2H3/b10-9+. The molecule has 114 valence electrons. The molecule has 2 aromatic rings. The first-order chi connectivity index (χ1) is 10.5. The van der Waals surface area contributed by atoms with Gasteiger partial charge in [-0.25, -0.2) is 4.39 Å². The predicted molar refractivity (Wildman–Crippen MR) is 88.1 cm³/mol. The maximum atomic E-state index is 13.7. The number of carbonyl (C=O) groups excluding carboxylic acids is 1. The summed E-state index contributed by atoms with van der Waals surface area (Å²) in [4.78, 5) is 13.5. The second kappa shape index (κ2) is 7.23.